The van der Waals surface area contributed by atoms with Crippen molar-refractivity contribution in [2.24, 2.45) is 10.8 Å². The normalized spacial score (nSPS) is 26.3. The third-order valence-corrected chi connectivity index (χ3v) is 5.63. The predicted octanol–water partition coefficient (Wildman–Crippen LogP) is 3.93. The van der Waals surface area contributed by atoms with Crippen LogP contribution in [0.3, 0.4) is 0 Å². The number of rotatable bonds is 1. The summed E-state index contributed by atoms with van der Waals surface area (Å²) in [7, 11) is 0. The minimum absolute atomic E-state index is 0.0475. The van der Waals surface area contributed by atoms with Gasteiger partial charge in [-0.15, -0.1) is 0 Å². The average molecular weight is 340 g/mol. The first kappa shape index (κ1) is 17.9. The second-order valence-corrected chi connectivity index (χ2v) is 9.36. The Bertz CT molecular complexity index is 703. The topological polar surface area (TPSA) is 61.2 Å². The molecule has 0 amide bonds. The summed E-state index contributed by atoms with van der Waals surface area (Å²) in [6, 6.07) is 2.35. The van der Waals surface area contributed by atoms with Crippen molar-refractivity contribution >= 4 is 11.6 Å². The molecule has 2 fully saturated rings. The van der Waals surface area contributed by atoms with E-state index in [2.05, 4.69) is 24.8 Å². The van der Waals surface area contributed by atoms with Gasteiger partial charge in [-0.2, -0.15) is 5.26 Å². The van der Waals surface area contributed by atoms with Crippen molar-refractivity contribution in [3.63, 3.8) is 0 Å². The largest absolute Gasteiger partial charge is 0.374 e. The first-order valence-corrected chi connectivity index (χ1v) is 9.32. The Morgan fingerprint density at radius 2 is 1.40 bits per heavy atom. The molecule has 3 rings (SSSR count). The number of likely N-dealkylation sites (tertiary alicyclic amines) is 1. The number of carbonyl (C=O) groups excluding carboxylic acids is 2. The van der Waals surface area contributed by atoms with Crippen molar-refractivity contribution in [3.8, 4) is 6.07 Å². The summed E-state index contributed by atoms with van der Waals surface area (Å²) in [5.41, 5.74) is 2.35. The van der Waals surface area contributed by atoms with E-state index < -0.39 is 0 Å². The molecule has 2 aliphatic carbocycles. The summed E-state index contributed by atoms with van der Waals surface area (Å²) < 4.78 is 0. The molecule has 1 aliphatic heterocycles. The smallest absolute Gasteiger partial charge is 0.167 e. The van der Waals surface area contributed by atoms with Gasteiger partial charge in [-0.25, -0.2) is 0 Å². The molecular weight excluding hydrogens is 312 g/mol. The van der Waals surface area contributed by atoms with E-state index in [1.165, 1.54) is 0 Å². The molecule has 4 heteroatoms. The third kappa shape index (κ3) is 3.42. The standard InChI is InChI=1S/C21H28N2O2/c1-20(2)9-14(19-17(24)11-21(3,4)12-18(19)25)15(13-22)16(10-20)23-7-5-6-8-23/h5-12H2,1-4H3. The number of nitriles is 1. The van der Waals surface area contributed by atoms with Crippen LogP contribution in [0.15, 0.2) is 22.4 Å². The summed E-state index contributed by atoms with van der Waals surface area (Å²) in [5, 5.41) is 9.88. The van der Waals surface area contributed by atoms with Gasteiger partial charge >= 0.3 is 0 Å². The number of nitrogens with zero attached hydrogens (tertiary/aromatic N) is 2. The van der Waals surface area contributed by atoms with Crippen molar-refractivity contribution in [2.45, 2.75) is 66.2 Å². The Labute approximate surface area is 150 Å². The van der Waals surface area contributed by atoms with Gasteiger partial charge in [0.05, 0.1) is 11.1 Å². The maximum absolute atomic E-state index is 12.8. The van der Waals surface area contributed by atoms with Gasteiger partial charge in [-0.1, -0.05) is 27.7 Å². The molecule has 25 heavy (non-hydrogen) atoms. The quantitative estimate of drug-likeness (QED) is 0.536. The lowest BCUT2D eigenvalue weighted by molar-refractivity contribution is -0.127. The molecule has 1 saturated carbocycles. The summed E-state index contributed by atoms with van der Waals surface area (Å²) in [6.07, 6.45) is 4.51. The fraction of sp³-hybridized carbons (Fsp3) is 0.667. The number of ketones is 2. The molecule has 3 aliphatic rings. The van der Waals surface area contributed by atoms with Crippen LogP contribution in [0, 0.1) is 22.2 Å². The minimum atomic E-state index is -0.281. The fourth-order valence-electron chi connectivity index (χ4n) is 4.55. The van der Waals surface area contributed by atoms with Gasteiger partial charge in [-0.05, 0) is 42.1 Å². The van der Waals surface area contributed by atoms with E-state index in [0.29, 0.717) is 36.0 Å². The Morgan fingerprint density at radius 1 is 0.880 bits per heavy atom. The van der Waals surface area contributed by atoms with Gasteiger partial charge in [0.1, 0.15) is 6.07 Å². The zero-order valence-corrected chi connectivity index (χ0v) is 15.9. The molecule has 1 heterocycles. The highest BCUT2D eigenvalue weighted by Gasteiger charge is 2.41. The Balaban J connectivity index is 2.15. The first-order chi connectivity index (χ1) is 11.6. The number of carbonyl (C=O) groups is 2. The molecule has 0 N–H and O–H groups in total. The molecule has 0 atom stereocenters. The monoisotopic (exact) mass is 340 g/mol. The number of hydrogen-bond donors (Lipinski definition) is 0. The summed E-state index contributed by atoms with van der Waals surface area (Å²) >= 11 is 0. The highest BCUT2D eigenvalue weighted by Crippen LogP contribution is 2.46. The van der Waals surface area contributed by atoms with Crippen LogP contribution < -0.4 is 0 Å². The van der Waals surface area contributed by atoms with Crippen LogP contribution in [-0.4, -0.2) is 29.6 Å². The molecule has 0 unspecified atom stereocenters. The Hall–Kier alpha value is -1.89. The Morgan fingerprint density at radius 3 is 1.92 bits per heavy atom. The molecule has 0 bridgehead atoms. The number of hydrogen-bond acceptors (Lipinski definition) is 4. The molecule has 0 aromatic rings. The van der Waals surface area contributed by atoms with Gasteiger partial charge in [0.15, 0.2) is 11.6 Å². The van der Waals surface area contributed by atoms with E-state index in [1.807, 2.05) is 13.8 Å². The fourth-order valence-corrected chi connectivity index (χ4v) is 4.55. The third-order valence-electron chi connectivity index (χ3n) is 5.63. The zero-order chi connectivity index (χ0) is 18.4. The van der Waals surface area contributed by atoms with E-state index in [1.54, 1.807) is 0 Å². The van der Waals surface area contributed by atoms with Crippen LogP contribution in [0.25, 0.3) is 0 Å². The van der Waals surface area contributed by atoms with Crippen LogP contribution in [0.2, 0.25) is 0 Å². The van der Waals surface area contributed by atoms with Gasteiger partial charge in [0.2, 0.25) is 0 Å². The van der Waals surface area contributed by atoms with E-state index in [9.17, 15) is 14.9 Å². The van der Waals surface area contributed by atoms with Gasteiger partial charge in [0.25, 0.3) is 0 Å². The molecule has 0 radical (unpaired) electrons. The van der Waals surface area contributed by atoms with Crippen LogP contribution in [0.1, 0.15) is 66.2 Å². The van der Waals surface area contributed by atoms with E-state index >= 15 is 0 Å². The van der Waals surface area contributed by atoms with Crippen LogP contribution in [-0.2, 0) is 9.59 Å². The van der Waals surface area contributed by atoms with Crippen molar-refractivity contribution in [1.82, 2.24) is 4.90 Å². The highest BCUT2D eigenvalue weighted by atomic mass is 16.2. The summed E-state index contributed by atoms with van der Waals surface area (Å²) in [5.74, 6) is -0.162. The average Bonchev–Trinajstić information content (AvgIpc) is 2.97. The first-order valence-electron chi connectivity index (χ1n) is 9.32. The Kier molecular flexibility index (Phi) is 4.39. The van der Waals surface area contributed by atoms with Crippen LogP contribution >= 0.6 is 0 Å². The molecular formula is C21H28N2O2. The highest BCUT2D eigenvalue weighted by molar-refractivity contribution is 6.23. The van der Waals surface area contributed by atoms with Gasteiger partial charge in [-0.3, -0.25) is 9.59 Å². The summed E-state index contributed by atoms with van der Waals surface area (Å²) in [6.45, 7) is 10.2. The van der Waals surface area contributed by atoms with E-state index in [4.69, 9.17) is 0 Å². The lowest BCUT2D eigenvalue weighted by Gasteiger charge is -2.39. The zero-order valence-electron chi connectivity index (χ0n) is 15.9. The number of Topliss-reactive ketones (excluding diaryl/α,β-unsaturated/α-hetero) is 2. The maximum Gasteiger partial charge on any atom is 0.167 e. The second-order valence-electron chi connectivity index (χ2n) is 9.36. The molecule has 0 aromatic heterocycles. The van der Waals surface area contributed by atoms with Crippen LogP contribution in [0.5, 0.6) is 0 Å². The lowest BCUT2D eigenvalue weighted by Crippen LogP contribution is -2.35. The van der Waals surface area contributed by atoms with Crippen molar-refractivity contribution in [3.05, 3.63) is 22.4 Å². The van der Waals surface area contributed by atoms with Crippen molar-refractivity contribution < 1.29 is 9.59 Å². The van der Waals surface area contributed by atoms with E-state index in [-0.39, 0.29) is 22.4 Å². The van der Waals surface area contributed by atoms with Gasteiger partial charge in [0, 0.05) is 31.6 Å². The lowest BCUT2D eigenvalue weighted by atomic mass is 9.67. The molecule has 134 valence electrons. The van der Waals surface area contributed by atoms with Crippen LogP contribution in [0.4, 0.5) is 0 Å². The maximum atomic E-state index is 12.8. The predicted molar refractivity (Wildman–Crippen MR) is 96.5 cm³/mol. The molecule has 0 spiro atoms. The SMILES string of the molecule is CC1(C)CC(=O)C(=C2CC(C)(C)CC(N3CCCC3)=C2C#N)C(=O)C1. The van der Waals surface area contributed by atoms with Gasteiger partial charge < -0.3 is 4.90 Å². The number of allylic oxidation sites excluding steroid dienone is 4. The second kappa shape index (κ2) is 6.12. The minimum Gasteiger partial charge on any atom is -0.374 e. The molecule has 1 saturated heterocycles. The van der Waals surface area contributed by atoms with Crippen molar-refractivity contribution in [2.75, 3.05) is 13.1 Å². The van der Waals surface area contributed by atoms with E-state index in [0.717, 1.165) is 38.0 Å². The summed E-state index contributed by atoms with van der Waals surface area (Å²) in [4.78, 5) is 27.9. The molecule has 4 nitrogen and oxygen atoms in total. The molecule has 0 aromatic carbocycles. The van der Waals surface area contributed by atoms with Crippen molar-refractivity contribution in [1.29, 1.82) is 5.26 Å².